The molecule has 1 fully saturated rings. The Morgan fingerprint density at radius 3 is 2.53 bits per heavy atom. The molecule has 7 nitrogen and oxygen atoms in total. The van der Waals surface area contributed by atoms with Gasteiger partial charge in [-0.15, -0.1) is 0 Å². The molecule has 1 saturated heterocycles. The summed E-state index contributed by atoms with van der Waals surface area (Å²) in [6, 6.07) is 7.65. The molecule has 0 bridgehead atoms. The minimum absolute atomic E-state index is 0.172. The molecule has 8 heteroatoms. The maximum absolute atomic E-state index is 13.5. The maximum atomic E-state index is 13.5. The predicted molar refractivity (Wildman–Crippen MR) is 126 cm³/mol. The van der Waals surface area contributed by atoms with Crippen LogP contribution in [0.1, 0.15) is 54.5 Å². The van der Waals surface area contributed by atoms with E-state index in [-0.39, 0.29) is 17.7 Å². The van der Waals surface area contributed by atoms with Crippen LogP contribution in [-0.2, 0) is 4.79 Å². The van der Waals surface area contributed by atoms with Crippen molar-refractivity contribution in [3.63, 3.8) is 0 Å². The first-order valence-electron chi connectivity index (χ1n) is 11.3. The molecule has 1 N–H and O–H groups in total. The van der Waals surface area contributed by atoms with E-state index in [2.05, 4.69) is 26.7 Å². The predicted octanol–water partition coefficient (Wildman–Crippen LogP) is 3.05. The zero-order valence-corrected chi connectivity index (χ0v) is 19.8. The Bertz CT molecular complexity index is 944. The largest absolute Gasteiger partial charge is 0.387 e. The van der Waals surface area contributed by atoms with Gasteiger partial charge in [0.25, 0.3) is 0 Å². The van der Waals surface area contributed by atoms with Crippen LogP contribution in [-0.4, -0.2) is 77.6 Å². The van der Waals surface area contributed by atoms with E-state index in [9.17, 15) is 9.90 Å². The highest BCUT2D eigenvalue weighted by atomic mass is 35.5. The Kier molecular flexibility index (Phi) is 6.98. The summed E-state index contributed by atoms with van der Waals surface area (Å²) in [7, 11) is 4.06. The number of hydrogen-bond acceptors (Lipinski definition) is 6. The van der Waals surface area contributed by atoms with Crippen molar-refractivity contribution in [2.75, 3.05) is 51.7 Å². The van der Waals surface area contributed by atoms with Crippen molar-refractivity contribution in [2.24, 2.45) is 0 Å². The van der Waals surface area contributed by atoms with E-state index in [1.807, 2.05) is 43.3 Å². The van der Waals surface area contributed by atoms with Gasteiger partial charge in [0.05, 0.1) is 17.7 Å². The van der Waals surface area contributed by atoms with Crippen molar-refractivity contribution in [2.45, 2.75) is 37.7 Å². The number of piperazine rings is 1. The molecule has 1 aliphatic carbocycles. The van der Waals surface area contributed by atoms with Crippen LogP contribution in [0.15, 0.2) is 30.6 Å². The molecular formula is C24H32ClN5O2. The van der Waals surface area contributed by atoms with Crippen molar-refractivity contribution < 1.29 is 9.90 Å². The van der Waals surface area contributed by atoms with Gasteiger partial charge in [0.15, 0.2) is 0 Å². The Morgan fingerprint density at radius 1 is 1.19 bits per heavy atom. The second-order valence-corrected chi connectivity index (χ2v) is 9.59. The number of aromatic nitrogens is 2. The molecule has 2 aromatic rings. The summed E-state index contributed by atoms with van der Waals surface area (Å²) < 4.78 is 0. The molecule has 4 rings (SSSR count). The molecule has 0 saturated carbocycles. The fourth-order valence-electron chi connectivity index (χ4n) is 4.83. The number of halogens is 1. The van der Waals surface area contributed by atoms with Gasteiger partial charge in [0.1, 0.15) is 12.1 Å². The topological polar surface area (TPSA) is 72.8 Å². The molecule has 172 valence electrons. The van der Waals surface area contributed by atoms with Gasteiger partial charge >= 0.3 is 0 Å². The third kappa shape index (κ3) is 4.75. The highest BCUT2D eigenvalue weighted by Gasteiger charge is 2.35. The van der Waals surface area contributed by atoms with Gasteiger partial charge in [0.2, 0.25) is 5.91 Å². The lowest BCUT2D eigenvalue weighted by Gasteiger charge is -2.38. The summed E-state index contributed by atoms with van der Waals surface area (Å²) in [4.78, 5) is 28.7. The van der Waals surface area contributed by atoms with Gasteiger partial charge in [-0.05, 0) is 57.1 Å². The standard InChI is InChI=1S/C24H32ClN5O2/c1-16-14-20(31)22-21(16)23(27-15-26-22)29-10-12-30(13-11-29)24(32)19(8-9-28(2)3)17-4-6-18(25)7-5-17/h4-7,15-16,19-20,31H,8-14H2,1-3H3/t16-,19-,20-/m1/s1. The van der Waals surface area contributed by atoms with Gasteiger partial charge in [-0.1, -0.05) is 30.7 Å². The number of rotatable bonds is 6. The zero-order valence-electron chi connectivity index (χ0n) is 19.0. The number of amides is 1. The summed E-state index contributed by atoms with van der Waals surface area (Å²) >= 11 is 6.07. The van der Waals surface area contributed by atoms with Gasteiger partial charge in [-0.2, -0.15) is 0 Å². The summed E-state index contributed by atoms with van der Waals surface area (Å²) in [6.07, 6.45) is 2.49. The van der Waals surface area contributed by atoms with E-state index in [1.54, 1.807) is 6.33 Å². The normalized spacial score (nSPS) is 21.7. The summed E-state index contributed by atoms with van der Waals surface area (Å²) in [5, 5.41) is 11.0. The fourth-order valence-corrected chi connectivity index (χ4v) is 4.95. The van der Waals surface area contributed by atoms with E-state index in [0.29, 0.717) is 24.5 Å². The average Bonchev–Trinajstić information content (AvgIpc) is 3.08. The molecule has 3 atom stereocenters. The number of benzene rings is 1. The highest BCUT2D eigenvalue weighted by Crippen LogP contribution is 2.42. The van der Waals surface area contributed by atoms with Gasteiger partial charge in [0, 0.05) is 36.8 Å². The molecule has 1 aromatic heterocycles. The fraction of sp³-hybridized carbons (Fsp3) is 0.542. The first kappa shape index (κ1) is 23.0. The van der Waals surface area contributed by atoms with Crippen LogP contribution < -0.4 is 4.90 Å². The minimum atomic E-state index is -0.513. The van der Waals surface area contributed by atoms with Crippen molar-refractivity contribution >= 4 is 23.3 Å². The van der Waals surface area contributed by atoms with Crippen LogP contribution >= 0.6 is 11.6 Å². The number of nitrogens with zero attached hydrogens (tertiary/aromatic N) is 5. The zero-order chi connectivity index (χ0) is 22.8. The van der Waals surface area contributed by atoms with Crippen LogP contribution in [0.5, 0.6) is 0 Å². The second-order valence-electron chi connectivity index (χ2n) is 9.16. The highest BCUT2D eigenvalue weighted by molar-refractivity contribution is 6.30. The number of aliphatic hydroxyl groups is 1. The first-order valence-corrected chi connectivity index (χ1v) is 11.7. The van der Waals surface area contributed by atoms with Crippen molar-refractivity contribution in [3.8, 4) is 0 Å². The molecule has 2 aliphatic rings. The number of carbonyl (C=O) groups excluding carboxylic acids is 1. The number of hydrogen-bond donors (Lipinski definition) is 1. The van der Waals surface area contributed by atoms with Crippen LogP contribution in [0.4, 0.5) is 5.82 Å². The summed E-state index contributed by atoms with van der Waals surface area (Å²) in [5.74, 6) is 1.13. The summed E-state index contributed by atoms with van der Waals surface area (Å²) in [6.45, 7) is 5.70. The first-order chi connectivity index (χ1) is 15.3. The van der Waals surface area contributed by atoms with E-state index >= 15 is 0 Å². The summed E-state index contributed by atoms with van der Waals surface area (Å²) in [5.41, 5.74) is 2.83. The SMILES string of the molecule is C[C@@H]1C[C@@H](O)c2ncnc(N3CCN(C(=O)[C@H](CCN(C)C)c4ccc(Cl)cc4)CC3)c21. The molecule has 0 radical (unpaired) electrons. The monoisotopic (exact) mass is 457 g/mol. The smallest absolute Gasteiger partial charge is 0.230 e. The van der Waals surface area contributed by atoms with E-state index in [0.717, 1.165) is 48.7 Å². The van der Waals surface area contributed by atoms with Gasteiger partial charge < -0.3 is 19.8 Å². The number of anilines is 1. The second kappa shape index (κ2) is 9.73. The average molecular weight is 458 g/mol. The lowest BCUT2D eigenvalue weighted by Crippen LogP contribution is -2.50. The Labute approximate surface area is 195 Å². The number of fused-ring (bicyclic) bond motifs is 1. The molecule has 0 unspecified atom stereocenters. The van der Waals surface area contributed by atoms with Gasteiger partial charge in [-0.3, -0.25) is 4.79 Å². The molecule has 32 heavy (non-hydrogen) atoms. The third-order valence-corrected chi connectivity index (χ3v) is 6.86. The Hall–Kier alpha value is -2.22. The van der Waals surface area contributed by atoms with E-state index < -0.39 is 6.10 Å². The van der Waals surface area contributed by atoms with Crippen LogP contribution in [0.2, 0.25) is 5.02 Å². The lowest BCUT2D eigenvalue weighted by atomic mass is 9.93. The molecule has 1 amide bonds. The van der Waals surface area contributed by atoms with E-state index in [4.69, 9.17) is 11.6 Å². The van der Waals surface area contributed by atoms with Crippen LogP contribution in [0.3, 0.4) is 0 Å². The lowest BCUT2D eigenvalue weighted by molar-refractivity contribution is -0.133. The van der Waals surface area contributed by atoms with E-state index in [1.165, 1.54) is 0 Å². The molecule has 2 heterocycles. The molecule has 1 aliphatic heterocycles. The Morgan fingerprint density at radius 2 is 1.88 bits per heavy atom. The van der Waals surface area contributed by atoms with Crippen LogP contribution in [0, 0.1) is 0 Å². The molecular weight excluding hydrogens is 426 g/mol. The Balaban J connectivity index is 1.47. The maximum Gasteiger partial charge on any atom is 0.230 e. The number of aliphatic hydroxyl groups excluding tert-OH is 1. The molecule has 1 aromatic carbocycles. The van der Waals surface area contributed by atoms with Crippen molar-refractivity contribution in [1.29, 1.82) is 0 Å². The van der Waals surface area contributed by atoms with Crippen LogP contribution in [0.25, 0.3) is 0 Å². The van der Waals surface area contributed by atoms with Crippen molar-refractivity contribution in [3.05, 3.63) is 52.4 Å². The van der Waals surface area contributed by atoms with Crippen molar-refractivity contribution in [1.82, 2.24) is 19.8 Å². The molecule has 0 spiro atoms. The quantitative estimate of drug-likeness (QED) is 0.718. The number of carbonyl (C=O) groups is 1. The third-order valence-electron chi connectivity index (χ3n) is 6.61. The van der Waals surface area contributed by atoms with Gasteiger partial charge in [-0.25, -0.2) is 9.97 Å². The minimum Gasteiger partial charge on any atom is -0.387 e.